The van der Waals surface area contributed by atoms with Crippen molar-refractivity contribution >= 4 is 17.9 Å². The Morgan fingerprint density at radius 2 is 2.20 bits per heavy atom. The molecule has 1 aliphatic carbocycles. The third-order valence-corrected chi connectivity index (χ3v) is 1.39. The summed E-state index contributed by atoms with van der Waals surface area (Å²) in [6, 6.07) is 0. The molecule has 1 rings (SSSR count). The van der Waals surface area contributed by atoms with E-state index in [9.17, 15) is 14.4 Å². The molecule has 1 atom stereocenters. The van der Waals surface area contributed by atoms with Crippen molar-refractivity contribution < 1.29 is 14.4 Å². The van der Waals surface area contributed by atoms with Crippen molar-refractivity contribution in [1.29, 1.82) is 0 Å². The molecule has 0 spiro atoms. The highest BCUT2D eigenvalue weighted by atomic mass is 16.2. The number of carbonyl (C=O) groups excluding carboxylic acids is 3. The van der Waals surface area contributed by atoms with Gasteiger partial charge >= 0.3 is 0 Å². The molecule has 3 heteroatoms. The Morgan fingerprint density at radius 1 is 1.50 bits per heavy atom. The first-order valence-electron chi connectivity index (χ1n) is 2.94. The molecule has 10 heavy (non-hydrogen) atoms. The summed E-state index contributed by atoms with van der Waals surface area (Å²) in [5, 5.41) is 0. The lowest BCUT2D eigenvalue weighted by Crippen LogP contribution is -2.26. The molecule has 0 aromatic carbocycles. The van der Waals surface area contributed by atoms with Gasteiger partial charge in [-0.3, -0.25) is 9.59 Å². The molecule has 0 amide bonds. The smallest absolute Gasteiger partial charge is 0.173 e. The summed E-state index contributed by atoms with van der Waals surface area (Å²) in [6.45, 7) is 0. The van der Waals surface area contributed by atoms with Gasteiger partial charge in [0, 0.05) is 6.42 Å². The van der Waals surface area contributed by atoms with E-state index in [0.29, 0.717) is 6.29 Å². The standard InChI is InChI=1S/C7H6O3/c8-4-5-6(9)2-1-3-7(5)10/h1-2,4-5H,3H2. The Morgan fingerprint density at radius 3 is 2.60 bits per heavy atom. The first-order valence-corrected chi connectivity index (χ1v) is 2.94. The molecule has 0 heterocycles. The summed E-state index contributed by atoms with van der Waals surface area (Å²) < 4.78 is 0. The van der Waals surface area contributed by atoms with Crippen LogP contribution in [0.25, 0.3) is 0 Å². The molecule has 0 saturated heterocycles. The number of allylic oxidation sites excluding steroid dienone is 2. The van der Waals surface area contributed by atoms with E-state index in [1.165, 1.54) is 12.2 Å². The van der Waals surface area contributed by atoms with Gasteiger partial charge in [0.2, 0.25) is 0 Å². The minimum Gasteiger partial charge on any atom is -0.302 e. The summed E-state index contributed by atoms with van der Waals surface area (Å²) in [5.41, 5.74) is 0. The molecular weight excluding hydrogens is 132 g/mol. The summed E-state index contributed by atoms with van der Waals surface area (Å²) in [6.07, 6.45) is 3.36. The van der Waals surface area contributed by atoms with Crippen LogP contribution in [0.2, 0.25) is 0 Å². The highest BCUT2D eigenvalue weighted by molar-refractivity contribution is 6.19. The van der Waals surface area contributed by atoms with Gasteiger partial charge in [-0.15, -0.1) is 0 Å². The van der Waals surface area contributed by atoms with Gasteiger partial charge in [0.15, 0.2) is 11.6 Å². The quantitative estimate of drug-likeness (QED) is 0.375. The molecule has 0 saturated carbocycles. The number of ketones is 2. The lowest BCUT2D eigenvalue weighted by Gasteiger charge is -2.06. The molecule has 1 unspecified atom stereocenters. The molecule has 0 radical (unpaired) electrons. The number of Topliss-reactive ketones (excluding diaryl/α,β-unsaturated/α-hetero) is 1. The van der Waals surface area contributed by atoms with E-state index in [1.54, 1.807) is 0 Å². The first kappa shape index (κ1) is 6.86. The number of hydrogen-bond donors (Lipinski definition) is 0. The molecule has 52 valence electrons. The molecular formula is C7H6O3. The average molecular weight is 138 g/mol. The molecule has 0 aromatic rings. The largest absolute Gasteiger partial charge is 0.302 e. The molecule has 0 aliphatic heterocycles. The van der Waals surface area contributed by atoms with Gasteiger partial charge in [-0.1, -0.05) is 6.08 Å². The van der Waals surface area contributed by atoms with Crippen LogP contribution in [-0.2, 0) is 14.4 Å². The van der Waals surface area contributed by atoms with Crippen molar-refractivity contribution in [2.45, 2.75) is 6.42 Å². The zero-order valence-corrected chi connectivity index (χ0v) is 5.24. The zero-order valence-electron chi connectivity index (χ0n) is 5.24. The highest BCUT2D eigenvalue weighted by Gasteiger charge is 2.25. The zero-order chi connectivity index (χ0) is 7.56. The van der Waals surface area contributed by atoms with Crippen molar-refractivity contribution in [3.63, 3.8) is 0 Å². The van der Waals surface area contributed by atoms with Crippen LogP contribution in [0.1, 0.15) is 6.42 Å². The topological polar surface area (TPSA) is 51.2 Å². The fraction of sp³-hybridized carbons (Fsp3) is 0.286. The van der Waals surface area contributed by atoms with Gasteiger partial charge in [0.05, 0.1) is 0 Å². The normalized spacial score (nSPS) is 25.0. The monoisotopic (exact) mass is 138 g/mol. The maximum Gasteiger partial charge on any atom is 0.173 e. The van der Waals surface area contributed by atoms with Crippen LogP contribution in [0, 0.1) is 5.92 Å². The third kappa shape index (κ3) is 1.03. The Hall–Kier alpha value is -1.25. The molecule has 1 aliphatic rings. The van der Waals surface area contributed by atoms with Crippen LogP contribution < -0.4 is 0 Å². The van der Waals surface area contributed by atoms with Crippen molar-refractivity contribution in [3.8, 4) is 0 Å². The third-order valence-electron chi connectivity index (χ3n) is 1.39. The average Bonchev–Trinajstić information content (AvgIpc) is 1.88. The van der Waals surface area contributed by atoms with Gasteiger partial charge in [0.1, 0.15) is 12.2 Å². The minimum atomic E-state index is -1.02. The van der Waals surface area contributed by atoms with Crippen LogP contribution in [0.4, 0.5) is 0 Å². The van der Waals surface area contributed by atoms with Crippen molar-refractivity contribution in [2.24, 2.45) is 5.92 Å². The maximum absolute atomic E-state index is 10.7. The fourth-order valence-electron chi connectivity index (χ4n) is 0.823. The van der Waals surface area contributed by atoms with Crippen molar-refractivity contribution in [2.75, 3.05) is 0 Å². The summed E-state index contributed by atoms with van der Waals surface area (Å²) >= 11 is 0. The molecule has 3 nitrogen and oxygen atoms in total. The summed E-state index contributed by atoms with van der Waals surface area (Å²) in [7, 11) is 0. The first-order chi connectivity index (χ1) is 4.75. The van der Waals surface area contributed by atoms with E-state index in [4.69, 9.17) is 0 Å². The van der Waals surface area contributed by atoms with Crippen LogP contribution in [0.15, 0.2) is 12.2 Å². The maximum atomic E-state index is 10.7. The predicted molar refractivity (Wildman–Crippen MR) is 33.3 cm³/mol. The van der Waals surface area contributed by atoms with Crippen LogP contribution in [-0.4, -0.2) is 17.9 Å². The molecule has 0 fully saturated rings. The summed E-state index contributed by atoms with van der Waals surface area (Å²) in [5.74, 6) is -1.72. The predicted octanol–water partition coefficient (Wildman–Crippen LogP) is -0.100. The Labute approximate surface area is 57.7 Å². The van der Waals surface area contributed by atoms with E-state index in [1.807, 2.05) is 0 Å². The fourth-order valence-corrected chi connectivity index (χ4v) is 0.823. The van der Waals surface area contributed by atoms with E-state index < -0.39 is 11.7 Å². The second kappa shape index (κ2) is 2.56. The van der Waals surface area contributed by atoms with Crippen LogP contribution >= 0.6 is 0 Å². The van der Waals surface area contributed by atoms with E-state index in [0.717, 1.165) is 0 Å². The van der Waals surface area contributed by atoms with Gasteiger partial charge in [-0.25, -0.2) is 0 Å². The Bertz CT molecular complexity index is 215. The highest BCUT2D eigenvalue weighted by Crippen LogP contribution is 2.07. The van der Waals surface area contributed by atoms with E-state index in [2.05, 4.69) is 0 Å². The van der Waals surface area contributed by atoms with E-state index in [-0.39, 0.29) is 12.2 Å². The number of hydrogen-bond acceptors (Lipinski definition) is 3. The molecule has 0 bridgehead atoms. The van der Waals surface area contributed by atoms with Gasteiger partial charge < -0.3 is 4.79 Å². The number of rotatable bonds is 1. The minimum absolute atomic E-state index is 0.204. The van der Waals surface area contributed by atoms with Gasteiger partial charge in [-0.05, 0) is 6.08 Å². The van der Waals surface area contributed by atoms with Crippen molar-refractivity contribution in [1.82, 2.24) is 0 Å². The second-order valence-electron chi connectivity index (χ2n) is 2.09. The Balaban J connectivity index is 2.87. The van der Waals surface area contributed by atoms with Crippen LogP contribution in [0.3, 0.4) is 0 Å². The lowest BCUT2D eigenvalue weighted by atomic mass is 9.93. The summed E-state index contributed by atoms with van der Waals surface area (Å²) in [4.78, 5) is 31.5. The Kier molecular flexibility index (Phi) is 1.76. The molecule has 0 N–H and O–H groups in total. The SMILES string of the molecule is O=CC1C(=O)C=CCC1=O. The van der Waals surface area contributed by atoms with Gasteiger partial charge in [0.25, 0.3) is 0 Å². The lowest BCUT2D eigenvalue weighted by molar-refractivity contribution is -0.134. The second-order valence-corrected chi connectivity index (χ2v) is 2.09. The van der Waals surface area contributed by atoms with Crippen LogP contribution in [0.5, 0.6) is 0 Å². The van der Waals surface area contributed by atoms with Crippen molar-refractivity contribution in [3.05, 3.63) is 12.2 Å². The number of carbonyl (C=O) groups is 3. The molecule has 0 aromatic heterocycles. The number of aldehydes is 1. The van der Waals surface area contributed by atoms with Gasteiger partial charge in [-0.2, -0.15) is 0 Å². The van der Waals surface area contributed by atoms with E-state index >= 15 is 0 Å².